The maximum atomic E-state index is 6.18. The summed E-state index contributed by atoms with van der Waals surface area (Å²) in [6.07, 6.45) is 1.83. The van der Waals surface area contributed by atoms with Crippen LogP contribution in [0.15, 0.2) is 52.0 Å². The zero-order valence-electron chi connectivity index (χ0n) is 15.4. The fourth-order valence-electron chi connectivity index (χ4n) is 2.98. The van der Waals surface area contributed by atoms with Gasteiger partial charge in [-0.3, -0.25) is 0 Å². The molecule has 3 rings (SSSR count). The van der Waals surface area contributed by atoms with Gasteiger partial charge in [-0.15, -0.1) is 0 Å². The molecule has 1 heterocycles. The summed E-state index contributed by atoms with van der Waals surface area (Å²) in [5.74, 6) is 0. The molecule has 0 aliphatic rings. The molecule has 0 aliphatic heterocycles. The lowest BCUT2D eigenvalue weighted by molar-refractivity contribution is 0.748. The molecule has 0 aliphatic carbocycles. The highest BCUT2D eigenvalue weighted by molar-refractivity contribution is 9.10. The Balaban J connectivity index is 1.78. The molecule has 27 heavy (non-hydrogen) atoms. The zero-order valence-corrected chi connectivity index (χ0v) is 18.5. The molecule has 140 valence electrons. The average molecular weight is 465 g/mol. The molecule has 0 bridgehead atoms. The SMILES string of the molecule is Cc1ccc(-n2c(C)cc(/C=N\NCc3c(Cl)cccc3Cl)c2C)cc1Br. The summed E-state index contributed by atoms with van der Waals surface area (Å²) in [5.41, 5.74) is 9.54. The molecule has 1 N–H and O–H groups in total. The molecule has 6 heteroatoms. The minimum absolute atomic E-state index is 0.471. The van der Waals surface area contributed by atoms with E-state index < -0.39 is 0 Å². The van der Waals surface area contributed by atoms with Crippen LogP contribution in [0.5, 0.6) is 0 Å². The van der Waals surface area contributed by atoms with Gasteiger partial charge in [0.05, 0.1) is 12.8 Å². The van der Waals surface area contributed by atoms with Gasteiger partial charge in [-0.2, -0.15) is 5.10 Å². The third kappa shape index (κ3) is 4.40. The summed E-state index contributed by atoms with van der Waals surface area (Å²) in [5, 5.41) is 5.61. The molecule has 0 spiro atoms. The van der Waals surface area contributed by atoms with Gasteiger partial charge in [0.1, 0.15) is 0 Å². The number of nitrogens with zero attached hydrogens (tertiary/aromatic N) is 2. The summed E-state index contributed by atoms with van der Waals surface area (Å²) in [4.78, 5) is 0. The van der Waals surface area contributed by atoms with Crippen molar-refractivity contribution in [2.75, 3.05) is 0 Å². The van der Waals surface area contributed by atoms with Crippen LogP contribution in [0.4, 0.5) is 0 Å². The van der Waals surface area contributed by atoms with Crippen LogP contribution >= 0.6 is 39.1 Å². The molecule has 0 fully saturated rings. The molecule has 2 aromatic carbocycles. The smallest absolute Gasteiger partial charge is 0.0609 e. The summed E-state index contributed by atoms with van der Waals surface area (Å²) < 4.78 is 3.32. The second-order valence-electron chi connectivity index (χ2n) is 6.39. The first-order chi connectivity index (χ1) is 12.9. The van der Waals surface area contributed by atoms with Crippen LogP contribution in [0, 0.1) is 20.8 Å². The maximum absolute atomic E-state index is 6.18. The number of hydrazone groups is 1. The van der Waals surface area contributed by atoms with Crippen molar-refractivity contribution >= 4 is 45.3 Å². The van der Waals surface area contributed by atoms with Crippen LogP contribution in [0.1, 0.15) is 28.1 Å². The monoisotopic (exact) mass is 463 g/mol. The van der Waals surface area contributed by atoms with E-state index in [1.54, 1.807) is 0 Å². The first-order valence-electron chi connectivity index (χ1n) is 8.52. The fourth-order valence-corrected chi connectivity index (χ4v) is 3.88. The number of halogens is 3. The quantitative estimate of drug-likeness (QED) is 0.334. The Bertz CT molecular complexity index is 989. The van der Waals surface area contributed by atoms with Crippen molar-refractivity contribution in [2.24, 2.45) is 5.10 Å². The number of hydrogen-bond donors (Lipinski definition) is 1. The van der Waals surface area contributed by atoms with Gasteiger partial charge in [-0.25, -0.2) is 0 Å². The summed E-state index contributed by atoms with van der Waals surface area (Å²) in [6, 6.07) is 14.0. The van der Waals surface area contributed by atoms with E-state index in [0.717, 1.165) is 32.7 Å². The van der Waals surface area contributed by atoms with Crippen molar-refractivity contribution in [3.05, 3.63) is 85.1 Å². The molecule has 0 saturated carbocycles. The van der Waals surface area contributed by atoms with Gasteiger partial charge in [-0.05, 0) is 56.7 Å². The largest absolute Gasteiger partial charge is 0.318 e. The molecule has 0 amide bonds. The normalized spacial score (nSPS) is 11.3. The van der Waals surface area contributed by atoms with Gasteiger partial charge < -0.3 is 9.99 Å². The first kappa shape index (κ1) is 20.0. The van der Waals surface area contributed by atoms with Crippen LogP contribution in [0.25, 0.3) is 5.69 Å². The maximum Gasteiger partial charge on any atom is 0.0609 e. The van der Waals surface area contributed by atoms with Crippen LogP contribution < -0.4 is 5.43 Å². The van der Waals surface area contributed by atoms with Crippen molar-refractivity contribution < 1.29 is 0 Å². The summed E-state index contributed by atoms with van der Waals surface area (Å²) >= 11 is 16.0. The first-order valence-corrected chi connectivity index (χ1v) is 10.1. The third-order valence-electron chi connectivity index (χ3n) is 4.50. The van der Waals surface area contributed by atoms with Crippen LogP contribution in [0.3, 0.4) is 0 Å². The van der Waals surface area contributed by atoms with E-state index in [0.29, 0.717) is 16.6 Å². The standard InChI is InChI=1S/C21H20BrCl2N3/c1-13-7-8-17(10-19(13)22)27-14(2)9-16(15(27)3)11-25-26-12-18-20(23)5-4-6-21(18)24/h4-11,26H,12H2,1-3H3/b25-11-. The predicted octanol–water partition coefficient (Wildman–Crippen LogP) is 6.60. The summed E-state index contributed by atoms with van der Waals surface area (Å²) in [7, 11) is 0. The van der Waals surface area contributed by atoms with Crippen molar-refractivity contribution in [3.8, 4) is 5.69 Å². The van der Waals surface area contributed by atoms with Crippen LogP contribution in [-0.2, 0) is 6.54 Å². The van der Waals surface area contributed by atoms with Crippen molar-refractivity contribution in [2.45, 2.75) is 27.3 Å². The predicted molar refractivity (Wildman–Crippen MR) is 119 cm³/mol. The Morgan fingerprint density at radius 2 is 1.78 bits per heavy atom. The topological polar surface area (TPSA) is 29.3 Å². The van der Waals surface area contributed by atoms with Gasteiger partial charge in [0, 0.05) is 42.7 Å². The Kier molecular flexibility index (Phi) is 6.30. The highest BCUT2D eigenvalue weighted by Crippen LogP contribution is 2.25. The van der Waals surface area contributed by atoms with Crippen LogP contribution in [0.2, 0.25) is 10.0 Å². The van der Waals surface area contributed by atoms with Gasteiger partial charge >= 0.3 is 0 Å². The summed E-state index contributed by atoms with van der Waals surface area (Å²) in [6.45, 7) is 6.74. The number of benzene rings is 2. The van der Waals surface area contributed by atoms with E-state index in [9.17, 15) is 0 Å². The average Bonchev–Trinajstić information content (AvgIpc) is 2.90. The van der Waals surface area contributed by atoms with E-state index in [-0.39, 0.29) is 0 Å². The number of aromatic nitrogens is 1. The van der Waals surface area contributed by atoms with E-state index >= 15 is 0 Å². The van der Waals surface area contributed by atoms with Crippen molar-refractivity contribution in [1.29, 1.82) is 0 Å². The molecule has 0 radical (unpaired) electrons. The van der Waals surface area contributed by atoms with Gasteiger partial charge in [-0.1, -0.05) is 51.3 Å². The Morgan fingerprint density at radius 3 is 2.44 bits per heavy atom. The fraction of sp³-hybridized carbons (Fsp3) is 0.190. The second kappa shape index (κ2) is 8.51. The van der Waals surface area contributed by atoms with Gasteiger partial charge in [0.15, 0.2) is 0 Å². The molecule has 3 nitrogen and oxygen atoms in total. The Labute approximate surface area is 178 Å². The molecule has 3 aromatic rings. The number of aryl methyl sites for hydroxylation is 2. The number of nitrogens with one attached hydrogen (secondary N) is 1. The lowest BCUT2D eigenvalue weighted by atomic mass is 10.2. The van der Waals surface area contributed by atoms with E-state index in [1.165, 1.54) is 5.56 Å². The van der Waals surface area contributed by atoms with Gasteiger partial charge in [0.2, 0.25) is 0 Å². The molecular weight excluding hydrogens is 445 g/mol. The minimum Gasteiger partial charge on any atom is -0.318 e. The highest BCUT2D eigenvalue weighted by Gasteiger charge is 2.10. The van der Waals surface area contributed by atoms with Crippen molar-refractivity contribution in [3.63, 3.8) is 0 Å². The molecule has 0 unspecified atom stereocenters. The third-order valence-corrected chi connectivity index (χ3v) is 6.06. The van der Waals surface area contributed by atoms with E-state index in [2.05, 4.69) is 76.1 Å². The number of hydrogen-bond acceptors (Lipinski definition) is 2. The van der Waals surface area contributed by atoms with Gasteiger partial charge in [0.25, 0.3) is 0 Å². The lowest BCUT2D eigenvalue weighted by Gasteiger charge is -2.11. The molecule has 0 saturated heterocycles. The second-order valence-corrected chi connectivity index (χ2v) is 8.06. The lowest BCUT2D eigenvalue weighted by Crippen LogP contribution is -2.07. The Morgan fingerprint density at radius 1 is 1.07 bits per heavy atom. The zero-order chi connectivity index (χ0) is 19.6. The van der Waals surface area contributed by atoms with Crippen molar-refractivity contribution in [1.82, 2.24) is 9.99 Å². The van der Waals surface area contributed by atoms with E-state index in [1.807, 2.05) is 24.4 Å². The van der Waals surface area contributed by atoms with Crippen LogP contribution in [-0.4, -0.2) is 10.8 Å². The van der Waals surface area contributed by atoms with E-state index in [4.69, 9.17) is 23.2 Å². The molecular formula is C21H20BrCl2N3. The Hall–Kier alpha value is -1.75. The minimum atomic E-state index is 0.471. The highest BCUT2D eigenvalue weighted by atomic mass is 79.9. The molecule has 1 aromatic heterocycles. The number of rotatable bonds is 5. The molecule has 0 atom stereocenters.